The van der Waals surface area contributed by atoms with E-state index in [4.69, 9.17) is 4.42 Å². The largest absolute Gasteiger partial charge is 0.461 e. The Bertz CT molecular complexity index is 452. The fourth-order valence-corrected chi connectivity index (χ4v) is 1.61. The number of Topliss-reactive ketones (excluding diaryl/α,β-unsaturated/α-hetero) is 1. The van der Waals surface area contributed by atoms with Crippen molar-refractivity contribution in [3.8, 4) is 0 Å². The van der Waals surface area contributed by atoms with Gasteiger partial charge in [-0.1, -0.05) is 0 Å². The summed E-state index contributed by atoms with van der Waals surface area (Å²) < 4.78 is 4.94. The van der Waals surface area contributed by atoms with Crippen molar-refractivity contribution in [3.63, 3.8) is 0 Å². The summed E-state index contributed by atoms with van der Waals surface area (Å²) in [6.45, 7) is 0.690. The van der Waals surface area contributed by atoms with E-state index >= 15 is 0 Å². The number of likely N-dealkylation sites (N-methyl/N-ethyl adjacent to an activating group) is 1. The van der Waals surface area contributed by atoms with Gasteiger partial charge in [0.25, 0.3) is 0 Å². The molecule has 2 amide bonds. The molecule has 0 N–H and O–H groups in total. The minimum atomic E-state index is -0.640. The second-order valence-electron chi connectivity index (χ2n) is 3.85. The zero-order valence-corrected chi connectivity index (χ0v) is 9.38. The van der Waals surface area contributed by atoms with Crippen LogP contribution in [0.1, 0.15) is 10.6 Å². The molecule has 1 aromatic heterocycles. The smallest absolute Gasteiger partial charge is 0.312 e. The maximum Gasteiger partial charge on any atom is 0.312 e. The summed E-state index contributed by atoms with van der Waals surface area (Å²) in [7, 11) is 1.56. The molecule has 17 heavy (non-hydrogen) atoms. The summed E-state index contributed by atoms with van der Waals surface area (Å²) in [6, 6.07) is 3.13. The summed E-state index contributed by atoms with van der Waals surface area (Å²) in [5.74, 6) is -1.33. The number of piperazine rings is 1. The molecule has 90 valence electrons. The number of carbonyl (C=O) groups is 3. The number of hydrogen-bond acceptors (Lipinski definition) is 4. The normalized spacial score (nSPS) is 16.5. The van der Waals surface area contributed by atoms with Crippen LogP contribution in [0, 0.1) is 0 Å². The monoisotopic (exact) mass is 236 g/mol. The second-order valence-corrected chi connectivity index (χ2v) is 3.85. The van der Waals surface area contributed by atoms with E-state index in [1.165, 1.54) is 22.1 Å². The Morgan fingerprint density at radius 2 is 2.12 bits per heavy atom. The number of ketones is 1. The van der Waals surface area contributed by atoms with Crippen LogP contribution < -0.4 is 0 Å². The molecule has 6 nitrogen and oxygen atoms in total. The minimum absolute atomic E-state index is 0.119. The van der Waals surface area contributed by atoms with Crippen molar-refractivity contribution in [2.45, 2.75) is 0 Å². The van der Waals surface area contributed by atoms with Crippen molar-refractivity contribution in [1.29, 1.82) is 0 Å². The van der Waals surface area contributed by atoms with Crippen LogP contribution in [-0.4, -0.2) is 54.1 Å². The van der Waals surface area contributed by atoms with Gasteiger partial charge in [0.2, 0.25) is 5.78 Å². The first-order valence-electron chi connectivity index (χ1n) is 5.20. The molecule has 1 saturated heterocycles. The maximum atomic E-state index is 11.7. The van der Waals surface area contributed by atoms with Crippen LogP contribution in [0.2, 0.25) is 0 Å². The molecule has 0 saturated carbocycles. The highest BCUT2D eigenvalue weighted by Gasteiger charge is 2.31. The van der Waals surface area contributed by atoms with E-state index in [-0.39, 0.29) is 18.1 Å². The van der Waals surface area contributed by atoms with Gasteiger partial charge in [-0.2, -0.15) is 0 Å². The molecule has 1 aliphatic rings. The van der Waals surface area contributed by atoms with Crippen LogP contribution in [0.5, 0.6) is 0 Å². The molecule has 1 aromatic rings. The first-order chi connectivity index (χ1) is 8.09. The highest BCUT2D eigenvalue weighted by Crippen LogP contribution is 2.07. The average Bonchev–Trinajstić information content (AvgIpc) is 2.83. The van der Waals surface area contributed by atoms with Gasteiger partial charge >= 0.3 is 11.8 Å². The molecule has 6 heteroatoms. The first kappa shape index (κ1) is 11.4. The van der Waals surface area contributed by atoms with Crippen LogP contribution >= 0.6 is 0 Å². The van der Waals surface area contributed by atoms with E-state index in [9.17, 15) is 14.4 Å². The zero-order chi connectivity index (χ0) is 12.4. The van der Waals surface area contributed by atoms with Crippen molar-refractivity contribution in [1.82, 2.24) is 9.80 Å². The highest BCUT2D eigenvalue weighted by atomic mass is 16.3. The molecule has 1 aliphatic heterocycles. The fourth-order valence-electron chi connectivity index (χ4n) is 1.61. The molecular weight excluding hydrogens is 224 g/mol. The molecule has 0 radical (unpaired) electrons. The summed E-state index contributed by atoms with van der Waals surface area (Å²) in [6.07, 6.45) is 1.39. The third kappa shape index (κ3) is 2.20. The Labute approximate surface area is 97.8 Å². The number of hydrogen-bond donors (Lipinski definition) is 0. The Kier molecular flexibility index (Phi) is 2.95. The number of rotatable bonds is 3. The Hall–Kier alpha value is -2.11. The second kappa shape index (κ2) is 4.40. The number of furan rings is 1. The van der Waals surface area contributed by atoms with Gasteiger partial charge in [-0.3, -0.25) is 14.4 Å². The van der Waals surface area contributed by atoms with Crippen LogP contribution in [-0.2, 0) is 9.59 Å². The van der Waals surface area contributed by atoms with Gasteiger partial charge in [-0.05, 0) is 12.1 Å². The van der Waals surface area contributed by atoms with Gasteiger partial charge in [0.1, 0.15) is 0 Å². The minimum Gasteiger partial charge on any atom is -0.461 e. The van der Waals surface area contributed by atoms with Crippen molar-refractivity contribution in [3.05, 3.63) is 24.2 Å². The van der Waals surface area contributed by atoms with Gasteiger partial charge in [-0.15, -0.1) is 0 Å². The topological polar surface area (TPSA) is 70.8 Å². The lowest BCUT2D eigenvalue weighted by molar-refractivity contribution is -0.154. The van der Waals surface area contributed by atoms with Crippen LogP contribution in [0.3, 0.4) is 0 Å². The molecule has 0 atom stereocenters. The number of amides is 2. The standard InChI is InChI=1S/C11H12N2O4/c1-12-4-5-13(11(16)10(12)15)7-8(14)9-3-2-6-17-9/h2-3,6H,4-5,7H2,1H3. The van der Waals surface area contributed by atoms with Crippen molar-refractivity contribution >= 4 is 17.6 Å². The third-order valence-corrected chi connectivity index (χ3v) is 2.65. The van der Waals surface area contributed by atoms with E-state index in [1.54, 1.807) is 13.1 Å². The van der Waals surface area contributed by atoms with Gasteiger partial charge in [0.15, 0.2) is 5.76 Å². The maximum absolute atomic E-state index is 11.7. The van der Waals surface area contributed by atoms with E-state index < -0.39 is 11.8 Å². The van der Waals surface area contributed by atoms with E-state index in [0.717, 1.165) is 0 Å². The Morgan fingerprint density at radius 1 is 1.35 bits per heavy atom. The zero-order valence-electron chi connectivity index (χ0n) is 9.38. The van der Waals surface area contributed by atoms with Gasteiger partial charge in [0, 0.05) is 20.1 Å². The average molecular weight is 236 g/mol. The van der Waals surface area contributed by atoms with Gasteiger partial charge in [-0.25, -0.2) is 0 Å². The lowest BCUT2D eigenvalue weighted by Gasteiger charge is -2.30. The third-order valence-electron chi connectivity index (χ3n) is 2.65. The molecule has 0 aliphatic carbocycles. The van der Waals surface area contributed by atoms with E-state index in [2.05, 4.69) is 0 Å². The predicted octanol–water partition coefficient (Wildman–Crippen LogP) is -0.237. The van der Waals surface area contributed by atoms with Crippen LogP contribution in [0.25, 0.3) is 0 Å². The lowest BCUT2D eigenvalue weighted by atomic mass is 10.2. The number of nitrogens with zero attached hydrogens (tertiary/aromatic N) is 2. The quantitative estimate of drug-likeness (QED) is 0.536. The molecule has 1 fully saturated rings. The molecular formula is C11H12N2O4. The molecule has 0 unspecified atom stereocenters. The summed E-state index contributed by atoms with van der Waals surface area (Å²) in [5, 5.41) is 0. The highest BCUT2D eigenvalue weighted by molar-refractivity contribution is 6.35. The lowest BCUT2D eigenvalue weighted by Crippen LogP contribution is -2.53. The molecule has 0 spiro atoms. The molecule has 2 heterocycles. The first-order valence-corrected chi connectivity index (χ1v) is 5.20. The summed E-state index contributed by atoms with van der Waals surface area (Å²) in [5.41, 5.74) is 0. The van der Waals surface area contributed by atoms with Gasteiger partial charge in [0.05, 0.1) is 12.8 Å². The Morgan fingerprint density at radius 3 is 2.76 bits per heavy atom. The SMILES string of the molecule is CN1CCN(CC(=O)c2ccco2)C(=O)C1=O. The molecule has 2 rings (SSSR count). The molecule has 0 aromatic carbocycles. The van der Waals surface area contributed by atoms with Gasteiger partial charge < -0.3 is 14.2 Å². The van der Waals surface area contributed by atoms with Crippen molar-refractivity contribution < 1.29 is 18.8 Å². The van der Waals surface area contributed by atoms with E-state index in [0.29, 0.717) is 13.1 Å². The van der Waals surface area contributed by atoms with E-state index in [1.807, 2.05) is 0 Å². The van der Waals surface area contributed by atoms with Crippen LogP contribution in [0.15, 0.2) is 22.8 Å². The fraction of sp³-hybridized carbons (Fsp3) is 0.364. The predicted molar refractivity (Wildman–Crippen MR) is 57.3 cm³/mol. The Balaban J connectivity index is 2.03. The summed E-state index contributed by atoms with van der Waals surface area (Å²) >= 11 is 0. The number of carbonyl (C=O) groups excluding carboxylic acids is 3. The van der Waals surface area contributed by atoms with Crippen molar-refractivity contribution in [2.24, 2.45) is 0 Å². The van der Waals surface area contributed by atoms with Crippen LogP contribution in [0.4, 0.5) is 0 Å². The summed E-state index contributed by atoms with van der Waals surface area (Å²) in [4.78, 5) is 37.3. The van der Waals surface area contributed by atoms with Crippen molar-refractivity contribution in [2.75, 3.05) is 26.7 Å². The molecule has 0 bridgehead atoms.